The van der Waals surface area contributed by atoms with Crippen molar-refractivity contribution < 1.29 is 9.59 Å². The Labute approximate surface area is 161 Å². The molecule has 8 heteroatoms. The van der Waals surface area contributed by atoms with E-state index < -0.39 is 5.54 Å². The largest absolute Gasteiger partial charge is 0.341 e. The standard InChI is InChI=1S/C18H29N5O2.ClH/c1-3-23(4-2)17(25)18(9-6-5-7-10-18)20-16(24)15-13-12-19-11-8-14(13)21-22-15;/h19H,3-12H2,1-2H3,(H,20,24)(H,21,22);1H. The number of carbonyl (C=O) groups excluding carboxylic acids is 2. The molecular formula is C18H30ClN5O2. The number of nitrogens with zero attached hydrogens (tertiary/aromatic N) is 2. The van der Waals surface area contributed by atoms with E-state index in [4.69, 9.17) is 0 Å². The summed E-state index contributed by atoms with van der Waals surface area (Å²) in [6, 6.07) is 0. The van der Waals surface area contributed by atoms with Gasteiger partial charge in [0.05, 0.1) is 0 Å². The van der Waals surface area contributed by atoms with Crippen molar-refractivity contribution in [3.05, 3.63) is 17.0 Å². The summed E-state index contributed by atoms with van der Waals surface area (Å²) in [7, 11) is 0. The molecule has 3 rings (SSSR count). The highest BCUT2D eigenvalue weighted by Gasteiger charge is 2.43. The van der Waals surface area contributed by atoms with Gasteiger partial charge in [0.1, 0.15) is 5.54 Å². The summed E-state index contributed by atoms with van der Waals surface area (Å²) in [6.07, 6.45) is 5.31. The number of aromatic amines is 1. The minimum atomic E-state index is -0.782. The molecule has 2 amide bonds. The Hall–Kier alpha value is -1.60. The van der Waals surface area contributed by atoms with E-state index in [0.717, 1.165) is 43.5 Å². The van der Waals surface area contributed by atoms with E-state index in [1.54, 1.807) is 0 Å². The quantitative estimate of drug-likeness (QED) is 0.722. The van der Waals surface area contributed by atoms with Crippen LogP contribution in [0, 0.1) is 0 Å². The Balaban J connectivity index is 0.00000243. The van der Waals surface area contributed by atoms with Gasteiger partial charge in [0.25, 0.3) is 5.91 Å². The molecule has 1 aliphatic carbocycles. The molecule has 1 saturated carbocycles. The molecule has 2 aliphatic rings. The van der Waals surface area contributed by atoms with Crippen LogP contribution in [0.1, 0.15) is 67.7 Å². The SMILES string of the molecule is CCN(CC)C(=O)C1(NC(=O)c2n[nH]c3c2CNCC3)CCCCC1.Cl. The summed E-state index contributed by atoms with van der Waals surface area (Å²) >= 11 is 0. The number of halogens is 1. The predicted octanol–water partition coefficient (Wildman–Crippen LogP) is 1.78. The van der Waals surface area contributed by atoms with E-state index in [2.05, 4.69) is 20.8 Å². The second kappa shape index (κ2) is 8.86. The van der Waals surface area contributed by atoms with Gasteiger partial charge in [0, 0.05) is 43.9 Å². The molecule has 0 unspecified atom stereocenters. The lowest BCUT2D eigenvalue weighted by atomic mass is 9.80. The van der Waals surface area contributed by atoms with E-state index in [1.807, 2.05) is 18.7 Å². The lowest BCUT2D eigenvalue weighted by molar-refractivity contribution is -0.139. The molecule has 0 atom stereocenters. The molecule has 3 N–H and O–H groups in total. The summed E-state index contributed by atoms with van der Waals surface area (Å²) in [4.78, 5) is 27.9. The molecule has 146 valence electrons. The van der Waals surface area contributed by atoms with Gasteiger partial charge in [-0.05, 0) is 26.7 Å². The summed E-state index contributed by atoms with van der Waals surface area (Å²) in [6.45, 7) is 6.82. The molecule has 0 saturated heterocycles. The summed E-state index contributed by atoms with van der Waals surface area (Å²) in [5.74, 6) is -0.184. The fraction of sp³-hybridized carbons (Fsp3) is 0.722. The Morgan fingerprint density at radius 1 is 1.19 bits per heavy atom. The van der Waals surface area contributed by atoms with Crippen LogP contribution in [-0.2, 0) is 17.8 Å². The predicted molar refractivity (Wildman–Crippen MR) is 102 cm³/mol. The van der Waals surface area contributed by atoms with Gasteiger partial charge in [0.2, 0.25) is 5.91 Å². The molecule has 1 aromatic heterocycles. The van der Waals surface area contributed by atoms with Crippen molar-refractivity contribution in [3.8, 4) is 0 Å². The van der Waals surface area contributed by atoms with E-state index >= 15 is 0 Å². The number of likely N-dealkylation sites (N-methyl/N-ethyl adjacent to an activating group) is 1. The van der Waals surface area contributed by atoms with Gasteiger partial charge in [-0.1, -0.05) is 19.3 Å². The number of rotatable bonds is 5. The third-order valence-electron chi connectivity index (χ3n) is 5.54. The molecule has 0 aromatic carbocycles. The summed E-state index contributed by atoms with van der Waals surface area (Å²) in [5, 5.41) is 13.6. The van der Waals surface area contributed by atoms with Gasteiger partial charge in [0.15, 0.2) is 5.69 Å². The first kappa shape index (κ1) is 20.7. The zero-order valence-corrected chi connectivity index (χ0v) is 16.5. The molecule has 1 aromatic rings. The molecular weight excluding hydrogens is 354 g/mol. The molecule has 26 heavy (non-hydrogen) atoms. The number of hydrogen-bond donors (Lipinski definition) is 3. The van der Waals surface area contributed by atoms with Gasteiger partial charge in [-0.2, -0.15) is 5.10 Å². The van der Waals surface area contributed by atoms with Crippen molar-refractivity contribution >= 4 is 24.2 Å². The van der Waals surface area contributed by atoms with Crippen LogP contribution in [0.4, 0.5) is 0 Å². The van der Waals surface area contributed by atoms with Crippen molar-refractivity contribution in [1.29, 1.82) is 0 Å². The van der Waals surface area contributed by atoms with Gasteiger partial charge in [-0.15, -0.1) is 12.4 Å². The molecule has 7 nitrogen and oxygen atoms in total. The molecule has 2 heterocycles. The third-order valence-corrected chi connectivity index (χ3v) is 5.54. The van der Waals surface area contributed by atoms with Crippen LogP contribution in [-0.4, -0.2) is 52.1 Å². The normalized spacial score (nSPS) is 18.4. The number of amides is 2. The molecule has 1 fully saturated rings. The van der Waals surface area contributed by atoms with Crippen LogP contribution < -0.4 is 10.6 Å². The van der Waals surface area contributed by atoms with Crippen molar-refractivity contribution in [1.82, 2.24) is 25.7 Å². The number of carbonyl (C=O) groups is 2. The fourth-order valence-electron chi connectivity index (χ4n) is 4.05. The molecule has 1 aliphatic heterocycles. The van der Waals surface area contributed by atoms with Crippen molar-refractivity contribution in [3.63, 3.8) is 0 Å². The second-order valence-electron chi connectivity index (χ2n) is 7.03. The topological polar surface area (TPSA) is 90.1 Å². The Morgan fingerprint density at radius 2 is 1.88 bits per heavy atom. The first-order valence-electron chi connectivity index (χ1n) is 9.50. The minimum absolute atomic E-state index is 0. The second-order valence-corrected chi connectivity index (χ2v) is 7.03. The lowest BCUT2D eigenvalue weighted by Crippen LogP contribution is -2.60. The smallest absolute Gasteiger partial charge is 0.272 e. The average Bonchev–Trinajstić information content (AvgIpc) is 3.07. The number of fused-ring (bicyclic) bond motifs is 1. The van der Waals surface area contributed by atoms with Crippen LogP contribution in [0.15, 0.2) is 0 Å². The minimum Gasteiger partial charge on any atom is -0.341 e. The number of aromatic nitrogens is 2. The fourth-order valence-corrected chi connectivity index (χ4v) is 4.05. The maximum Gasteiger partial charge on any atom is 0.272 e. The van der Waals surface area contributed by atoms with Gasteiger partial charge in [-0.3, -0.25) is 14.7 Å². The average molecular weight is 384 g/mol. The first-order valence-corrected chi connectivity index (χ1v) is 9.50. The highest BCUT2D eigenvalue weighted by atomic mass is 35.5. The van der Waals surface area contributed by atoms with Crippen LogP contribution in [0.2, 0.25) is 0 Å². The Bertz CT molecular complexity index is 636. The van der Waals surface area contributed by atoms with Crippen LogP contribution in [0.3, 0.4) is 0 Å². The molecule has 0 spiro atoms. The molecule has 0 bridgehead atoms. The number of hydrogen-bond acceptors (Lipinski definition) is 4. The summed E-state index contributed by atoms with van der Waals surface area (Å²) in [5.41, 5.74) is 1.61. The highest BCUT2D eigenvalue weighted by Crippen LogP contribution is 2.31. The van der Waals surface area contributed by atoms with Crippen molar-refractivity contribution in [2.75, 3.05) is 19.6 Å². The first-order chi connectivity index (χ1) is 12.1. The number of nitrogens with one attached hydrogen (secondary N) is 3. The third kappa shape index (κ3) is 3.88. The van der Waals surface area contributed by atoms with Gasteiger partial charge < -0.3 is 15.5 Å². The molecule has 0 radical (unpaired) electrons. The zero-order valence-electron chi connectivity index (χ0n) is 15.7. The maximum absolute atomic E-state index is 13.1. The van der Waals surface area contributed by atoms with E-state index in [0.29, 0.717) is 38.2 Å². The van der Waals surface area contributed by atoms with E-state index in [-0.39, 0.29) is 24.2 Å². The lowest BCUT2D eigenvalue weighted by Gasteiger charge is -2.39. The highest BCUT2D eigenvalue weighted by molar-refractivity contribution is 5.99. The van der Waals surface area contributed by atoms with Crippen molar-refractivity contribution in [2.24, 2.45) is 0 Å². The van der Waals surface area contributed by atoms with Gasteiger partial charge >= 0.3 is 0 Å². The maximum atomic E-state index is 13.1. The van der Waals surface area contributed by atoms with Crippen molar-refractivity contribution in [2.45, 2.75) is 64.5 Å². The number of H-pyrrole nitrogens is 1. The van der Waals surface area contributed by atoms with Crippen LogP contribution in [0.25, 0.3) is 0 Å². The van der Waals surface area contributed by atoms with Crippen LogP contribution in [0.5, 0.6) is 0 Å². The van der Waals surface area contributed by atoms with Gasteiger partial charge in [-0.25, -0.2) is 0 Å². The Kier molecular flexibility index (Phi) is 7.06. The zero-order chi connectivity index (χ0) is 17.9. The monoisotopic (exact) mass is 383 g/mol. The van der Waals surface area contributed by atoms with E-state index in [1.165, 1.54) is 0 Å². The van der Waals surface area contributed by atoms with Crippen LogP contribution >= 0.6 is 12.4 Å². The summed E-state index contributed by atoms with van der Waals surface area (Å²) < 4.78 is 0. The van der Waals surface area contributed by atoms with E-state index in [9.17, 15) is 9.59 Å². The Morgan fingerprint density at radius 3 is 2.54 bits per heavy atom.